The van der Waals surface area contributed by atoms with Gasteiger partial charge in [-0.1, -0.05) is 55.4 Å². The lowest BCUT2D eigenvalue weighted by molar-refractivity contribution is -0.114. The summed E-state index contributed by atoms with van der Waals surface area (Å²) >= 11 is 0. The minimum Gasteiger partial charge on any atom is -0.507 e. The fourth-order valence-corrected chi connectivity index (χ4v) is 5.08. The van der Waals surface area contributed by atoms with Gasteiger partial charge in [-0.2, -0.15) is 0 Å². The molecule has 0 spiro atoms. The van der Waals surface area contributed by atoms with Gasteiger partial charge in [-0.15, -0.1) is 0 Å². The Morgan fingerprint density at radius 3 is 1.68 bits per heavy atom. The summed E-state index contributed by atoms with van der Waals surface area (Å²) < 4.78 is 0. The largest absolute Gasteiger partial charge is 0.507 e. The third-order valence-corrected chi connectivity index (χ3v) is 6.49. The molecule has 2 N–H and O–H groups in total. The van der Waals surface area contributed by atoms with Crippen molar-refractivity contribution in [3.63, 3.8) is 0 Å². The van der Waals surface area contributed by atoms with Crippen LogP contribution in [0.5, 0.6) is 5.75 Å². The van der Waals surface area contributed by atoms with Crippen LogP contribution in [-0.2, 0) is 9.59 Å². The number of benzene rings is 1. The topological polar surface area (TPSA) is 81.1 Å². The first kappa shape index (κ1) is 29.3. The highest BCUT2D eigenvalue weighted by molar-refractivity contribution is 6.41. The molecule has 38 heavy (non-hydrogen) atoms. The van der Waals surface area contributed by atoms with Crippen molar-refractivity contribution in [1.82, 2.24) is 4.90 Å². The van der Waals surface area contributed by atoms with Crippen LogP contribution in [0.2, 0.25) is 0 Å². The number of rotatable bonds is 11. The summed E-state index contributed by atoms with van der Waals surface area (Å²) in [6.45, 7) is 20.5. The first-order valence-corrected chi connectivity index (χ1v) is 13.8. The van der Waals surface area contributed by atoms with E-state index in [2.05, 4.69) is 65.2 Å². The fraction of sp³-hybridized carbons (Fsp3) is 0.500. The first-order chi connectivity index (χ1) is 17.8. The Labute approximate surface area is 228 Å². The fourth-order valence-electron chi connectivity index (χ4n) is 5.08. The van der Waals surface area contributed by atoms with Gasteiger partial charge in [0.25, 0.3) is 0 Å². The standard InChI is InChI=1S/C32H44N2O4/c1-19(2)15-33(16-20(3)4)23-9-11-25(27(35)13-23)29-31(37)30(32(29)38)26-12-10-24(14-28(26)36)34(17-21(5)6)18-22(7)8/h9-14,19-22,35,37H,15-18H2,1-8H3/b30-26-. The summed E-state index contributed by atoms with van der Waals surface area (Å²) in [6, 6.07) is 5.20. The number of aliphatic hydroxyl groups is 1. The maximum atomic E-state index is 13.2. The lowest BCUT2D eigenvalue weighted by Gasteiger charge is -2.31. The van der Waals surface area contributed by atoms with E-state index < -0.39 is 5.78 Å². The van der Waals surface area contributed by atoms with Crippen LogP contribution >= 0.6 is 0 Å². The number of Topliss-reactive ketones (excluding diaryl/α,β-unsaturated/α-hetero) is 1. The number of phenolic OH excluding ortho intramolecular Hbond substituents is 1. The average molecular weight is 521 g/mol. The molecule has 0 saturated carbocycles. The number of anilines is 1. The van der Waals surface area contributed by atoms with Crippen molar-refractivity contribution in [3.05, 3.63) is 64.6 Å². The van der Waals surface area contributed by atoms with Crippen LogP contribution < -0.4 is 4.90 Å². The predicted octanol–water partition coefficient (Wildman–Crippen LogP) is 6.30. The number of carbonyl (C=O) groups excluding carboxylic acids is 2. The number of ketones is 2. The number of aromatic hydroxyl groups is 1. The number of carbonyl (C=O) groups is 2. The van der Waals surface area contributed by atoms with E-state index in [1.807, 2.05) is 12.1 Å². The average Bonchev–Trinajstić information content (AvgIpc) is 2.79. The summed E-state index contributed by atoms with van der Waals surface area (Å²) in [5.41, 5.74) is 2.21. The van der Waals surface area contributed by atoms with Gasteiger partial charge in [0.05, 0.1) is 11.1 Å². The lowest BCUT2D eigenvalue weighted by Crippen LogP contribution is -2.32. The molecule has 0 saturated heterocycles. The summed E-state index contributed by atoms with van der Waals surface area (Å²) in [6.07, 6.45) is 5.03. The smallest absolute Gasteiger partial charge is 0.202 e. The molecule has 1 aromatic carbocycles. The Kier molecular flexibility index (Phi) is 9.29. The zero-order valence-corrected chi connectivity index (χ0v) is 24.2. The van der Waals surface area contributed by atoms with Crippen LogP contribution in [0.25, 0.3) is 5.57 Å². The van der Waals surface area contributed by atoms with Crippen LogP contribution in [-0.4, -0.2) is 52.9 Å². The lowest BCUT2D eigenvalue weighted by atomic mass is 9.79. The minimum atomic E-state index is -0.433. The summed E-state index contributed by atoms with van der Waals surface area (Å²) in [7, 11) is 0. The highest BCUT2D eigenvalue weighted by Crippen LogP contribution is 2.43. The van der Waals surface area contributed by atoms with Crippen LogP contribution in [0.15, 0.2) is 59.0 Å². The maximum Gasteiger partial charge on any atom is 0.202 e. The van der Waals surface area contributed by atoms with E-state index in [-0.39, 0.29) is 39.6 Å². The van der Waals surface area contributed by atoms with Crippen molar-refractivity contribution >= 4 is 22.8 Å². The highest BCUT2D eigenvalue weighted by atomic mass is 16.3. The third-order valence-electron chi connectivity index (χ3n) is 6.49. The van der Waals surface area contributed by atoms with Gasteiger partial charge in [0.15, 0.2) is 5.78 Å². The molecule has 0 unspecified atom stereocenters. The molecule has 0 amide bonds. The molecule has 0 aromatic heterocycles. The molecule has 6 heteroatoms. The predicted molar refractivity (Wildman–Crippen MR) is 155 cm³/mol. The zero-order chi connectivity index (χ0) is 28.3. The molecule has 0 aliphatic heterocycles. The van der Waals surface area contributed by atoms with E-state index in [0.29, 0.717) is 23.7 Å². The van der Waals surface area contributed by atoms with Crippen molar-refractivity contribution in [3.8, 4) is 5.75 Å². The maximum absolute atomic E-state index is 13.2. The van der Waals surface area contributed by atoms with Crippen LogP contribution in [0.3, 0.4) is 0 Å². The van der Waals surface area contributed by atoms with E-state index in [0.717, 1.165) is 37.6 Å². The number of phenols is 1. The van der Waals surface area contributed by atoms with Gasteiger partial charge >= 0.3 is 0 Å². The van der Waals surface area contributed by atoms with Crippen LogP contribution in [0.4, 0.5) is 5.69 Å². The number of hydrogen-bond acceptors (Lipinski definition) is 6. The molecule has 6 nitrogen and oxygen atoms in total. The Bertz CT molecular complexity index is 1180. The van der Waals surface area contributed by atoms with Gasteiger partial charge in [-0.05, 0) is 48.0 Å². The Morgan fingerprint density at radius 2 is 1.24 bits per heavy atom. The molecule has 1 aromatic rings. The number of hydrogen-bond donors (Lipinski definition) is 2. The van der Waals surface area contributed by atoms with E-state index in [1.54, 1.807) is 24.3 Å². The van der Waals surface area contributed by atoms with Crippen LogP contribution in [0.1, 0.15) is 61.0 Å². The molecule has 0 radical (unpaired) electrons. The van der Waals surface area contributed by atoms with E-state index >= 15 is 0 Å². The van der Waals surface area contributed by atoms with Gasteiger partial charge in [-0.3, -0.25) is 9.59 Å². The molecule has 206 valence electrons. The van der Waals surface area contributed by atoms with E-state index in [1.165, 1.54) is 0 Å². The van der Waals surface area contributed by atoms with E-state index in [9.17, 15) is 19.8 Å². The van der Waals surface area contributed by atoms with Gasteiger partial charge < -0.3 is 20.0 Å². The second kappa shape index (κ2) is 12.1. The normalized spacial score (nSPS) is 17.7. The molecule has 0 fully saturated rings. The van der Waals surface area contributed by atoms with Gasteiger partial charge in [0.2, 0.25) is 5.78 Å². The summed E-state index contributed by atoms with van der Waals surface area (Å²) in [5, 5.41) is 21.7. The van der Waals surface area contributed by atoms with Gasteiger partial charge in [0, 0.05) is 60.8 Å². The zero-order valence-electron chi connectivity index (χ0n) is 24.2. The van der Waals surface area contributed by atoms with Crippen molar-refractivity contribution in [2.75, 3.05) is 31.1 Å². The first-order valence-electron chi connectivity index (χ1n) is 13.8. The molecular weight excluding hydrogens is 476 g/mol. The van der Waals surface area contributed by atoms with Gasteiger partial charge in [-0.25, -0.2) is 0 Å². The molecule has 0 bridgehead atoms. The molecule has 0 heterocycles. The van der Waals surface area contributed by atoms with E-state index in [4.69, 9.17) is 0 Å². The Morgan fingerprint density at radius 1 is 0.711 bits per heavy atom. The number of aliphatic hydroxyl groups excluding tert-OH is 1. The quantitative estimate of drug-likeness (QED) is 0.334. The molecule has 2 aliphatic rings. The third kappa shape index (κ3) is 6.58. The molecular formula is C32H44N2O4. The number of nitrogens with zero attached hydrogens (tertiary/aromatic N) is 2. The minimum absolute atomic E-state index is 0.0144. The van der Waals surface area contributed by atoms with Crippen molar-refractivity contribution in [1.29, 1.82) is 0 Å². The summed E-state index contributed by atoms with van der Waals surface area (Å²) in [4.78, 5) is 30.6. The molecule has 2 aliphatic carbocycles. The Hall–Kier alpha value is -3.28. The second-order valence-corrected chi connectivity index (χ2v) is 12.2. The second-order valence-electron chi connectivity index (χ2n) is 12.2. The van der Waals surface area contributed by atoms with Crippen molar-refractivity contribution in [2.24, 2.45) is 23.7 Å². The van der Waals surface area contributed by atoms with Crippen molar-refractivity contribution < 1.29 is 19.8 Å². The molecule has 0 atom stereocenters. The summed E-state index contributed by atoms with van der Waals surface area (Å²) in [5.74, 6) is 0.718. The number of allylic oxidation sites excluding steroid dienone is 6. The van der Waals surface area contributed by atoms with Gasteiger partial charge in [0.1, 0.15) is 11.5 Å². The SMILES string of the molecule is CC(C)CN(CC(C)C)C1=CC(=O)/C(=C2\C(=O)C(c3ccc(N(CC(C)C)CC(C)C)cc3O)=C2O)C=C1. The Balaban J connectivity index is 1.90. The highest BCUT2D eigenvalue weighted by Gasteiger charge is 2.39. The monoisotopic (exact) mass is 520 g/mol. The van der Waals surface area contributed by atoms with Crippen LogP contribution in [0, 0.1) is 23.7 Å². The molecule has 3 rings (SSSR count). The van der Waals surface area contributed by atoms with Crippen molar-refractivity contribution in [2.45, 2.75) is 55.4 Å².